The highest BCUT2D eigenvalue weighted by atomic mass is 35.5. The summed E-state index contributed by atoms with van der Waals surface area (Å²) in [4.78, 5) is 12.2. The normalized spacial score (nSPS) is 10.5. The van der Waals surface area contributed by atoms with Gasteiger partial charge in [-0.05, 0) is 31.5 Å². The van der Waals surface area contributed by atoms with E-state index in [2.05, 4.69) is 0 Å². The van der Waals surface area contributed by atoms with Gasteiger partial charge in [-0.2, -0.15) is 0 Å². The Bertz CT molecular complexity index is 555. The maximum atomic E-state index is 12.2. The third-order valence-corrected chi connectivity index (χ3v) is 2.91. The molecule has 0 saturated carbocycles. The molecule has 0 atom stereocenters. The van der Waals surface area contributed by atoms with Crippen molar-refractivity contribution in [1.29, 1.82) is 0 Å². The van der Waals surface area contributed by atoms with Crippen molar-refractivity contribution in [3.05, 3.63) is 58.5 Å². The van der Waals surface area contributed by atoms with Crippen molar-refractivity contribution < 1.29 is 9.21 Å². The zero-order chi connectivity index (χ0) is 12.4. The van der Waals surface area contributed by atoms with Crippen LogP contribution in [0.15, 0.2) is 34.7 Å². The molecule has 0 aliphatic rings. The standard InChI is InChI=1S/C14H13ClO2/c1-9-3-5-12(10(2)7-9)14(16)13-6-4-11(8-15)17-13/h3-7H,8H2,1-2H3. The third kappa shape index (κ3) is 2.42. The number of furan rings is 1. The molecule has 0 fully saturated rings. The molecule has 0 N–H and O–H groups in total. The lowest BCUT2D eigenvalue weighted by atomic mass is 10.0. The number of carbonyl (C=O) groups excluding carboxylic acids is 1. The molecule has 2 aromatic rings. The second kappa shape index (κ2) is 4.76. The lowest BCUT2D eigenvalue weighted by Gasteiger charge is -2.03. The maximum Gasteiger partial charge on any atom is 0.228 e. The van der Waals surface area contributed by atoms with Crippen molar-refractivity contribution in [2.75, 3.05) is 0 Å². The molecular weight excluding hydrogens is 236 g/mol. The lowest BCUT2D eigenvalue weighted by molar-refractivity contribution is 0.101. The largest absolute Gasteiger partial charge is 0.456 e. The number of aryl methyl sites for hydroxylation is 2. The van der Waals surface area contributed by atoms with Crippen molar-refractivity contribution in [2.24, 2.45) is 0 Å². The Kier molecular flexibility index (Phi) is 3.34. The number of hydrogen-bond acceptors (Lipinski definition) is 2. The number of rotatable bonds is 3. The number of carbonyl (C=O) groups is 1. The van der Waals surface area contributed by atoms with Crippen LogP contribution in [0.5, 0.6) is 0 Å². The Balaban J connectivity index is 2.36. The average molecular weight is 249 g/mol. The number of benzene rings is 1. The highest BCUT2D eigenvalue weighted by molar-refractivity contribution is 6.17. The van der Waals surface area contributed by atoms with E-state index in [1.165, 1.54) is 0 Å². The molecule has 1 aromatic carbocycles. The molecule has 1 heterocycles. The maximum absolute atomic E-state index is 12.2. The monoisotopic (exact) mass is 248 g/mol. The van der Waals surface area contributed by atoms with Crippen molar-refractivity contribution in [2.45, 2.75) is 19.7 Å². The Hall–Kier alpha value is -1.54. The molecule has 88 valence electrons. The van der Waals surface area contributed by atoms with E-state index in [0.717, 1.165) is 11.1 Å². The van der Waals surface area contributed by atoms with E-state index in [9.17, 15) is 4.79 Å². The average Bonchev–Trinajstić information content (AvgIpc) is 2.76. The van der Waals surface area contributed by atoms with Gasteiger partial charge in [0.15, 0.2) is 5.76 Å². The van der Waals surface area contributed by atoms with Crippen LogP contribution in [-0.4, -0.2) is 5.78 Å². The predicted octanol–water partition coefficient (Wildman–Crippen LogP) is 3.87. The van der Waals surface area contributed by atoms with Crippen LogP contribution < -0.4 is 0 Å². The third-order valence-electron chi connectivity index (χ3n) is 2.64. The fourth-order valence-electron chi connectivity index (χ4n) is 1.77. The smallest absolute Gasteiger partial charge is 0.228 e. The van der Waals surface area contributed by atoms with E-state index in [1.807, 2.05) is 32.0 Å². The Labute approximate surface area is 105 Å². The lowest BCUT2D eigenvalue weighted by Crippen LogP contribution is -2.02. The summed E-state index contributed by atoms with van der Waals surface area (Å²) in [5, 5.41) is 0. The molecule has 0 spiro atoms. The molecule has 0 aliphatic heterocycles. The SMILES string of the molecule is Cc1ccc(C(=O)c2ccc(CCl)o2)c(C)c1. The van der Waals surface area contributed by atoms with E-state index >= 15 is 0 Å². The molecule has 0 bridgehead atoms. The number of halogens is 1. The van der Waals surface area contributed by atoms with Crippen LogP contribution in [0, 0.1) is 13.8 Å². The highest BCUT2D eigenvalue weighted by Crippen LogP contribution is 2.18. The minimum Gasteiger partial charge on any atom is -0.456 e. The zero-order valence-electron chi connectivity index (χ0n) is 9.79. The van der Waals surface area contributed by atoms with Crippen LogP contribution in [0.1, 0.15) is 33.0 Å². The van der Waals surface area contributed by atoms with Crippen molar-refractivity contribution in [1.82, 2.24) is 0 Å². The van der Waals surface area contributed by atoms with Gasteiger partial charge >= 0.3 is 0 Å². The van der Waals surface area contributed by atoms with Crippen LogP contribution in [0.3, 0.4) is 0 Å². The number of hydrogen-bond donors (Lipinski definition) is 0. The van der Waals surface area contributed by atoms with Gasteiger partial charge < -0.3 is 4.42 Å². The van der Waals surface area contributed by atoms with Gasteiger partial charge in [0.2, 0.25) is 5.78 Å². The molecule has 0 amide bonds. The molecule has 17 heavy (non-hydrogen) atoms. The molecule has 0 saturated heterocycles. The summed E-state index contributed by atoms with van der Waals surface area (Å²) in [7, 11) is 0. The van der Waals surface area contributed by atoms with Gasteiger partial charge in [0.25, 0.3) is 0 Å². The second-order valence-corrected chi connectivity index (χ2v) is 4.31. The van der Waals surface area contributed by atoms with E-state index in [-0.39, 0.29) is 11.7 Å². The summed E-state index contributed by atoms with van der Waals surface area (Å²) in [5.74, 6) is 1.13. The first-order valence-electron chi connectivity index (χ1n) is 5.38. The predicted molar refractivity (Wildman–Crippen MR) is 67.6 cm³/mol. The van der Waals surface area contributed by atoms with Crippen LogP contribution in [0.4, 0.5) is 0 Å². The van der Waals surface area contributed by atoms with E-state index in [0.29, 0.717) is 17.1 Å². The second-order valence-electron chi connectivity index (χ2n) is 4.05. The summed E-state index contributed by atoms with van der Waals surface area (Å²) in [6.07, 6.45) is 0. The van der Waals surface area contributed by atoms with Crippen LogP contribution >= 0.6 is 11.6 Å². The van der Waals surface area contributed by atoms with Crippen LogP contribution in [0.2, 0.25) is 0 Å². The highest BCUT2D eigenvalue weighted by Gasteiger charge is 2.15. The van der Waals surface area contributed by atoms with Crippen molar-refractivity contribution in [3.63, 3.8) is 0 Å². The van der Waals surface area contributed by atoms with Crippen LogP contribution in [-0.2, 0) is 5.88 Å². The van der Waals surface area contributed by atoms with Crippen molar-refractivity contribution >= 4 is 17.4 Å². The molecule has 0 radical (unpaired) electrons. The Morgan fingerprint density at radius 1 is 1.24 bits per heavy atom. The summed E-state index contributed by atoms with van der Waals surface area (Å²) >= 11 is 5.64. The molecule has 2 nitrogen and oxygen atoms in total. The van der Waals surface area contributed by atoms with Gasteiger partial charge in [0, 0.05) is 5.56 Å². The van der Waals surface area contributed by atoms with E-state index < -0.39 is 0 Å². The quantitative estimate of drug-likeness (QED) is 0.610. The van der Waals surface area contributed by atoms with Crippen molar-refractivity contribution in [3.8, 4) is 0 Å². The number of ketones is 1. The molecule has 0 unspecified atom stereocenters. The molecule has 0 aliphatic carbocycles. The fraction of sp³-hybridized carbons (Fsp3) is 0.214. The molecule has 3 heteroatoms. The Morgan fingerprint density at radius 3 is 2.59 bits per heavy atom. The van der Waals surface area contributed by atoms with Gasteiger partial charge in [0.05, 0.1) is 5.88 Å². The first kappa shape index (κ1) is 11.9. The van der Waals surface area contributed by atoms with E-state index in [1.54, 1.807) is 12.1 Å². The van der Waals surface area contributed by atoms with Gasteiger partial charge in [-0.1, -0.05) is 23.8 Å². The zero-order valence-corrected chi connectivity index (χ0v) is 10.5. The van der Waals surface area contributed by atoms with E-state index in [4.69, 9.17) is 16.0 Å². The molecule has 1 aromatic heterocycles. The minimum atomic E-state index is -0.0983. The topological polar surface area (TPSA) is 30.2 Å². The number of alkyl halides is 1. The summed E-state index contributed by atoms with van der Waals surface area (Å²) in [6, 6.07) is 9.13. The summed E-state index contributed by atoms with van der Waals surface area (Å²) in [5.41, 5.74) is 2.77. The molecule has 2 rings (SSSR count). The summed E-state index contributed by atoms with van der Waals surface area (Å²) < 4.78 is 5.35. The first-order valence-corrected chi connectivity index (χ1v) is 5.92. The Morgan fingerprint density at radius 2 is 2.00 bits per heavy atom. The molecular formula is C14H13ClO2. The first-order chi connectivity index (χ1) is 8.11. The fourth-order valence-corrected chi connectivity index (χ4v) is 1.92. The van der Waals surface area contributed by atoms with Crippen LogP contribution in [0.25, 0.3) is 0 Å². The van der Waals surface area contributed by atoms with Gasteiger partial charge in [-0.15, -0.1) is 11.6 Å². The van der Waals surface area contributed by atoms with Gasteiger partial charge in [-0.25, -0.2) is 0 Å². The summed E-state index contributed by atoms with van der Waals surface area (Å²) in [6.45, 7) is 3.92. The van der Waals surface area contributed by atoms with Gasteiger partial charge in [-0.3, -0.25) is 4.79 Å². The van der Waals surface area contributed by atoms with Gasteiger partial charge in [0.1, 0.15) is 5.76 Å². The minimum absolute atomic E-state index is 0.0983.